The number of esters is 1. The van der Waals surface area contributed by atoms with Crippen molar-refractivity contribution in [1.29, 1.82) is 0 Å². The SMILES string of the molecule is COC(=O)c1ccnc(Cl)c1-c1c(Cl)cc(Cl)cc1Cl. The Morgan fingerprint density at radius 1 is 1.10 bits per heavy atom. The Balaban J connectivity index is 2.79. The molecule has 0 unspecified atom stereocenters. The number of carbonyl (C=O) groups is 1. The third-order valence-electron chi connectivity index (χ3n) is 2.57. The van der Waals surface area contributed by atoms with E-state index in [1.807, 2.05) is 0 Å². The fourth-order valence-electron chi connectivity index (χ4n) is 1.74. The summed E-state index contributed by atoms with van der Waals surface area (Å²) < 4.78 is 4.72. The first kappa shape index (κ1) is 15.4. The van der Waals surface area contributed by atoms with Crippen molar-refractivity contribution in [2.45, 2.75) is 0 Å². The summed E-state index contributed by atoms with van der Waals surface area (Å²) in [7, 11) is 1.27. The number of halogens is 4. The number of pyridine rings is 1. The number of methoxy groups -OCH3 is 1. The molecular formula is C13H7Cl4NO2. The average molecular weight is 351 g/mol. The molecule has 0 saturated heterocycles. The predicted molar refractivity (Wildman–Crippen MR) is 81.1 cm³/mol. The molecule has 0 radical (unpaired) electrons. The van der Waals surface area contributed by atoms with E-state index in [-0.39, 0.29) is 20.8 Å². The van der Waals surface area contributed by atoms with Crippen LogP contribution in [0.1, 0.15) is 10.4 Å². The number of rotatable bonds is 2. The van der Waals surface area contributed by atoms with Gasteiger partial charge >= 0.3 is 5.97 Å². The Labute approximate surface area is 135 Å². The number of ether oxygens (including phenoxy) is 1. The molecule has 0 spiro atoms. The quantitative estimate of drug-likeness (QED) is 0.555. The molecule has 1 heterocycles. The highest BCUT2D eigenvalue weighted by molar-refractivity contribution is 6.43. The lowest BCUT2D eigenvalue weighted by Crippen LogP contribution is -2.05. The second kappa shape index (κ2) is 6.19. The first-order valence-electron chi connectivity index (χ1n) is 5.33. The van der Waals surface area contributed by atoms with E-state index >= 15 is 0 Å². The van der Waals surface area contributed by atoms with Crippen LogP contribution in [-0.2, 0) is 4.74 Å². The number of benzene rings is 1. The molecule has 0 aliphatic heterocycles. The summed E-state index contributed by atoms with van der Waals surface area (Å²) in [6.45, 7) is 0. The number of nitrogens with zero attached hydrogens (tertiary/aromatic N) is 1. The van der Waals surface area contributed by atoms with E-state index in [2.05, 4.69) is 4.98 Å². The maximum atomic E-state index is 11.8. The van der Waals surface area contributed by atoms with E-state index in [9.17, 15) is 4.79 Å². The largest absolute Gasteiger partial charge is 0.465 e. The van der Waals surface area contributed by atoms with Gasteiger partial charge in [0.2, 0.25) is 0 Å². The maximum absolute atomic E-state index is 11.8. The smallest absolute Gasteiger partial charge is 0.338 e. The van der Waals surface area contributed by atoms with Gasteiger partial charge in [0.15, 0.2) is 0 Å². The lowest BCUT2D eigenvalue weighted by Gasteiger charge is -2.13. The molecule has 2 rings (SSSR count). The molecule has 0 aliphatic rings. The third kappa shape index (κ3) is 2.86. The fraction of sp³-hybridized carbons (Fsp3) is 0.0769. The van der Waals surface area contributed by atoms with Crippen molar-refractivity contribution >= 4 is 52.4 Å². The zero-order valence-electron chi connectivity index (χ0n) is 10.1. The van der Waals surface area contributed by atoms with E-state index in [0.29, 0.717) is 16.1 Å². The van der Waals surface area contributed by atoms with E-state index < -0.39 is 5.97 Å². The summed E-state index contributed by atoms with van der Waals surface area (Å²) in [6, 6.07) is 4.50. The lowest BCUT2D eigenvalue weighted by molar-refractivity contribution is 0.0601. The normalized spacial score (nSPS) is 10.4. The molecule has 0 bridgehead atoms. The predicted octanol–water partition coefficient (Wildman–Crippen LogP) is 5.15. The summed E-state index contributed by atoms with van der Waals surface area (Å²) in [5.41, 5.74) is 0.919. The van der Waals surface area contributed by atoms with Gasteiger partial charge in [0.1, 0.15) is 5.15 Å². The van der Waals surface area contributed by atoms with Gasteiger partial charge in [-0.3, -0.25) is 0 Å². The molecule has 1 aromatic heterocycles. The second-order valence-electron chi connectivity index (χ2n) is 3.76. The summed E-state index contributed by atoms with van der Waals surface area (Å²) >= 11 is 24.3. The van der Waals surface area contributed by atoms with Gasteiger partial charge in [-0.1, -0.05) is 46.4 Å². The summed E-state index contributed by atoms with van der Waals surface area (Å²) in [5, 5.41) is 1.01. The van der Waals surface area contributed by atoms with E-state index in [1.54, 1.807) is 0 Å². The molecule has 1 aromatic carbocycles. The van der Waals surface area contributed by atoms with Crippen LogP contribution < -0.4 is 0 Å². The van der Waals surface area contributed by atoms with Crippen LogP contribution in [-0.4, -0.2) is 18.1 Å². The molecule has 3 nitrogen and oxygen atoms in total. The van der Waals surface area contributed by atoms with Gasteiger partial charge in [0.25, 0.3) is 0 Å². The Kier molecular flexibility index (Phi) is 4.76. The molecule has 20 heavy (non-hydrogen) atoms. The molecule has 0 atom stereocenters. The summed E-state index contributed by atoms with van der Waals surface area (Å²) in [5.74, 6) is -0.564. The molecule has 104 valence electrons. The molecule has 0 aliphatic carbocycles. The highest BCUT2D eigenvalue weighted by Gasteiger charge is 2.21. The van der Waals surface area contributed by atoms with E-state index in [1.165, 1.54) is 31.5 Å². The minimum absolute atomic E-state index is 0.0963. The minimum atomic E-state index is -0.564. The Morgan fingerprint density at radius 2 is 1.70 bits per heavy atom. The molecule has 0 N–H and O–H groups in total. The van der Waals surface area contributed by atoms with Crippen LogP contribution in [0.3, 0.4) is 0 Å². The third-order valence-corrected chi connectivity index (χ3v) is 3.67. The second-order valence-corrected chi connectivity index (χ2v) is 5.37. The van der Waals surface area contributed by atoms with Gasteiger partial charge in [-0.05, 0) is 18.2 Å². The maximum Gasteiger partial charge on any atom is 0.338 e. The lowest BCUT2D eigenvalue weighted by atomic mass is 10.0. The van der Waals surface area contributed by atoms with Gasteiger partial charge in [-0.15, -0.1) is 0 Å². The number of hydrogen-bond acceptors (Lipinski definition) is 3. The number of aromatic nitrogens is 1. The number of carbonyl (C=O) groups excluding carboxylic acids is 1. The van der Waals surface area contributed by atoms with Crippen molar-refractivity contribution < 1.29 is 9.53 Å². The van der Waals surface area contributed by atoms with Crippen molar-refractivity contribution in [3.63, 3.8) is 0 Å². The molecular weight excluding hydrogens is 344 g/mol. The van der Waals surface area contributed by atoms with Crippen LogP contribution in [0.15, 0.2) is 24.4 Å². The Bertz CT molecular complexity index is 665. The van der Waals surface area contributed by atoms with Crippen molar-refractivity contribution in [2.24, 2.45) is 0 Å². The van der Waals surface area contributed by atoms with Gasteiger partial charge < -0.3 is 4.74 Å². The highest BCUT2D eigenvalue weighted by atomic mass is 35.5. The molecule has 7 heteroatoms. The van der Waals surface area contributed by atoms with Gasteiger partial charge in [-0.25, -0.2) is 9.78 Å². The van der Waals surface area contributed by atoms with Crippen molar-refractivity contribution in [2.75, 3.05) is 7.11 Å². The molecule has 0 saturated carbocycles. The van der Waals surface area contributed by atoms with Crippen LogP contribution in [0.2, 0.25) is 20.2 Å². The zero-order chi connectivity index (χ0) is 14.9. The van der Waals surface area contributed by atoms with Crippen LogP contribution >= 0.6 is 46.4 Å². The molecule has 0 amide bonds. The topological polar surface area (TPSA) is 39.2 Å². The van der Waals surface area contributed by atoms with Gasteiger partial charge in [0.05, 0.1) is 22.7 Å². The highest BCUT2D eigenvalue weighted by Crippen LogP contribution is 2.41. The first-order valence-corrected chi connectivity index (χ1v) is 6.84. The van der Waals surface area contributed by atoms with E-state index in [4.69, 9.17) is 51.1 Å². The zero-order valence-corrected chi connectivity index (χ0v) is 13.1. The van der Waals surface area contributed by atoms with Crippen molar-refractivity contribution in [1.82, 2.24) is 4.98 Å². The van der Waals surface area contributed by atoms with Crippen LogP contribution in [0.5, 0.6) is 0 Å². The standard InChI is InChI=1S/C13H7Cl4NO2/c1-20-13(19)7-2-3-18-12(17)10(7)11-8(15)4-6(14)5-9(11)16/h2-5H,1H3. The Hall–Kier alpha value is -1.000. The van der Waals surface area contributed by atoms with Crippen molar-refractivity contribution in [3.05, 3.63) is 50.2 Å². The van der Waals surface area contributed by atoms with Gasteiger partial charge in [-0.2, -0.15) is 0 Å². The van der Waals surface area contributed by atoms with Crippen molar-refractivity contribution in [3.8, 4) is 11.1 Å². The minimum Gasteiger partial charge on any atom is -0.465 e. The fourth-order valence-corrected chi connectivity index (χ4v) is 2.99. The first-order chi connectivity index (χ1) is 9.45. The van der Waals surface area contributed by atoms with Gasteiger partial charge in [0, 0.05) is 22.3 Å². The summed E-state index contributed by atoms with van der Waals surface area (Å²) in [4.78, 5) is 15.8. The molecule has 0 fully saturated rings. The van der Waals surface area contributed by atoms with Crippen LogP contribution in [0.4, 0.5) is 0 Å². The molecule has 2 aromatic rings. The number of hydrogen-bond donors (Lipinski definition) is 0. The van der Waals surface area contributed by atoms with Crippen LogP contribution in [0, 0.1) is 0 Å². The van der Waals surface area contributed by atoms with E-state index in [0.717, 1.165) is 0 Å². The van der Waals surface area contributed by atoms with Crippen LogP contribution in [0.25, 0.3) is 11.1 Å². The monoisotopic (exact) mass is 349 g/mol. The Morgan fingerprint density at radius 3 is 2.25 bits per heavy atom. The summed E-state index contributed by atoms with van der Waals surface area (Å²) in [6.07, 6.45) is 1.40. The average Bonchev–Trinajstić information content (AvgIpc) is 2.38.